The predicted molar refractivity (Wildman–Crippen MR) is 273 cm³/mol. The van der Waals surface area contributed by atoms with Crippen molar-refractivity contribution in [3.8, 4) is 0 Å². The predicted octanol–water partition coefficient (Wildman–Crippen LogP) is 16.6. The van der Waals surface area contributed by atoms with Gasteiger partial charge >= 0.3 is 5.97 Å². The van der Waals surface area contributed by atoms with E-state index in [9.17, 15) is 19.8 Å². The van der Waals surface area contributed by atoms with Gasteiger partial charge < -0.3 is 20.3 Å². The lowest BCUT2D eigenvalue weighted by Crippen LogP contribution is -2.46. The lowest BCUT2D eigenvalue weighted by atomic mass is 10.0. The van der Waals surface area contributed by atoms with Gasteiger partial charge in [0.1, 0.15) is 6.10 Å². The van der Waals surface area contributed by atoms with E-state index < -0.39 is 18.2 Å². The highest BCUT2D eigenvalue weighted by molar-refractivity contribution is 5.77. The number of hydrogen-bond acceptors (Lipinski definition) is 5. The van der Waals surface area contributed by atoms with Crippen LogP contribution in [0.25, 0.3) is 0 Å². The largest absolute Gasteiger partial charge is 0.462 e. The third-order valence-corrected chi connectivity index (χ3v) is 12.4. The fourth-order valence-electron chi connectivity index (χ4n) is 8.20. The molecular weight excluding hydrogens is 779 g/mol. The van der Waals surface area contributed by atoms with E-state index in [0.29, 0.717) is 19.3 Å². The fraction of sp³-hybridized carbons (Fsp3) is 0.825. The summed E-state index contributed by atoms with van der Waals surface area (Å²) in [6, 6.07) is -0.713. The van der Waals surface area contributed by atoms with Crippen molar-refractivity contribution in [2.75, 3.05) is 6.61 Å². The molecule has 0 spiro atoms. The molecule has 3 N–H and O–H groups in total. The molecule has 0 heterocycles. The lowest BCUT2D eigenvalue weighted by molar-refractivity contribution is -0.151. The summed E-state index contributed by atoms with van der Waals surface area (Å²) in [6.45, 7) is 6.44. The molecule has 1 amide bonds. The van der Waals surface area contributed by atoms with Crippen LogP contribution < -0.4 is 5.32 Å². The van der Waals surface area contributed by atoms with Gasteiger partial charge in [-0.3, -0.25) is 9.59 Å². The number of unbranched alkanes of at least 4 members (excludes halogenated alkanes) is 29. The van der Waals surface area contributed by atoms with Gasteiger partial charge in [-0.2, -0.15) is 0 Å². The summed E-state index contributed by atoms with van der Waals surface area (Å²) in [5.41, 5.74) is 0. The van der Waals surface area contributed by atoms with E-state index in [1.807, 2.05) is 0 Å². The Morgan fingerprint density at radius 3 is 1.29 bits per heavy atom. The van der Waals surface area contributed by atoms with E-state index in [1.54, 1.807) is 0 Å². The monoisotopic (exact) mass is 884 g/mol. The molecule has 368 valence electrons. The number of aliphatic hydroxyl groups excluding tert-OH is 2. The zero-order valence-corrected chi connectivity index (χ0v) is 42.0. The average Bonchev–Trinajstić information content (AvgIpc) is 3.28. The Hall–Kier alpha value is -2.18. The van der Waals surface area contributed by atoms with E-state index >= 15 is 0 Å². The number of hydrogen-bond donors (Lipinski definition) is 3. The van der Waals surface area contributed by atoms with E-state index in [-0.39, 0.29) is 24.9 Å². The zero-order valence-electron chi connectivity index (χ0n) is 42.0. The first-order chi connectivity index (χ1) is 31.0. The molecule has 0 aromatic heterocycles. The van der Waals surface area contributed by atoms with E-state index in [4.69, 9.17) is 4.74 Å². The van der Waals surface area contributed by atoms with Crippen molar-refractivity contribution in [3.63, 3.8) is 0 Å². The second-order valence-electron chi connectivity index (χ2n) is 18.6. The number of carbonyl (C=O) groups is 2. The maximum absolute atomic E-state index is 13.2. The van der Waals surface area contributed by atoms with E-state index in [1.165, 1.54) is 161 Å². The average molecular weight is 884 g/mol. The van der Waals surface area contributed by atoms with Crippen LogP contribution in [0, 0.1) is 0 Å². The second kappa shape index (κ2) is 50.8. The highest BCUT2D eigenvalue weighted by Gasteiger charge is 2.24. The van der Waals surface area contributed by atoms with Crippen molar-refractivity contribution in [3.05, 3.63) is 48.6 Å². The molecule has 6 heteroatoms. The third-order valence-electron chi connectivity index (χ3n) is 12.4. The zero-order chi connectivity index (χ0) is 45.9. The fourth-order valence-corrected chi connectivity index (χ4v) is 8.20. The summed E-state index contributed by atoms with van der Waals surface area (Å²) < 4.78 is 5.93. The Morgan fingerprint density at radius 2 is 0.810 bits per heavy atom. The summed E-state index contributed by atoms with van der Waals surface area (Å²) in [5, 5.41) is 23.7. The number of amides is 1. The highest BCUT2D eigenvalue weighted by atomic mass is 16.5. The molecule has 0 saturated heterocycles. The van der Waals surface area contributed by atoms with Crippen LogP contribution in [0.4, 0.5) is 0 Å². The molecule has 6 nitrogen and oxygen atoms in total. The number of nitrogens with one attached hydrogen (secondary N) is 1. The van der Waals surface area contributed by atoms with Crippen LogP contribution in [-0.2, 0) is 14.3 Å². The molecule has 0 bridgehead atoms. The first-order valence-corrected chi connectivity index (χ1v) is 27.4. The van der Waals surface area contributed by atoms with Gasteiger partial charge in [0.2, 0.25) is 5.91 Å². The number of allylic oxidation sites excluding steroid dienone is 8. The Kier molecular flexibility index (Phi) is 49.1. The molecule has 3 atom stereocenters. The van der Waals surface area contributed by atoms with E-state index in [0.717, 1.165) is 70.6 Å². The maximum Gasteiger partial charge on any atom is 0.306 e. The normalized spacial score (nSPS) is 13.5. The van der Waals surface area contributed by atoms with Gasteiger partial charge in [-0.05, 0) is 89.9 Å². The molecule has 0 saturated carbocycles. The highest BCUT2D eigenvalue weighted by Crippen LogP contribution is 2.17. The number of carbonyl (C=O) groups excluding carboxylic acids is 2. The van der Waals surface area contributed by atoms with Crippen molar-refractivity contribution < 1.29 is 24.5 Å². The standard InChI is InChI=1S/C57H105NO5/c1-4-7-10-13-16-19-22-24-26-27-28-29-31-33-35-38-41-44-47-50-57(62)63-53(48-45-42-39-36-34-32-30-25-23-20-17-14-11-8-5-2)51-56(61)58-54(52-59)55(60)49-46-43-40-37-21-18-15-12-9-6-3/h17,20,24-26,30,34,36,53-55,59-60H,4-16,18-19,21-23,27-29,31-33,35,37-52H2,1-3H3,(H,58,61)/b20-17-,26-24+,30-25-,36-34-. The third kappa shape index (κ3) is 46.2. The minimum atomic E-state index is -0.797. The molecule has 3 unspecified atom stereocenters. The number of ether oxygens (including phenoxy) is 1. The second-order valence-corrected chi connectivity index (χ2v) is 18.6. The summed E-state index contributed by atoms with van der Waals surface area (Å²) in [6.07, 6.45) is 61.8. The summed E-state index contributed by atoms with van der Waals surface area (Å²) >= 11 is 0. The van der Waals surface area contributed by atoms with Crippen molar-refractivity contribution in [1.29, 1.82) is 0 Å². The summed E-state index contributed by atoms with van der Waals surface area (Å²) in [4.78, 5) is 26.2. The van der Waals surface area contributed by atoms with Gasteiger partial charge in [-0.1, -0.05) is 223 Å². The Balaban J connectivity index is 4.58. The van der Waals surface area contributed by atoms with Gasteiger partial charge in [0.05, 0.1) is 25.2 Å². The first kappa shape index (κ1) is 60.8. The van der Waals surface area contributed by atoms with Gasteiger partial charge in [-0.15, -0.1) is 0 Å². The van der Waals surface area contributed by atoms with Crippen LogP contribution in [0.15, 0.2) is 48.6 Å². The van der Waals surface area contributed by atoms with Crippen molar-refractivity contribution in [1.82, 2.24) is 5.32 Å². The van der Waals surface area contributed by atoms with Crippen LogP contribution in [0.2, 0.25) is 0 Å². The summed E-state index contributed by atoms with van der Waals surface area (Å²) in [7, 11) is 0. The number of aliphatic hydroxyl groups is 2. The topological polar surface area (TPSA) is 95.9 Å². The molecule has 0 aliphatic rings. The van der Waals surface area contributed by atoms with Crippen LogP contribution in [0.5, 0.6) is 0 Å². The van der Waals surface area contributed by atoms with Gasteiger partial charge in [0.25, 0.3) is 0 Å². The Bertz CT molecular complexity index is 1080. The number of esters is 1. The molecule has 63 heavy (non-hydrogen) atoms. The van der Waals surface area contributed by atoms with E-state index in [2.05, 4.69) is 74.7 Å². The Labute approximate surface area is 391 Å². The minimum Gasteiger partial charge on any atom is -0.462 e. The number of rotatable bonds is 49. The van der Waals surface area contributed by atoms with Gasteiger partial charge in [-0.25, -0.2) is 0 Å². The maximum atomic E-state index is 13.2. The van der Waals surface area contributed by atoms with Crippen molar-refractivity contribution in [2.24, 2.45) is 0 Å². The molecule has 0 aliphatic carbocycles. The van der Waals surface area contributed by atoms with Crippen LogP contribution >= 0.6 is 0 Å². The first-order valence-electron chi connectivity index (χ1n) is 27.4. The summed E-state index contributed by atoms with van der Waals surface area (Å²) in [5.74, 6) is -0.507. The molecule has 0 aliphatic heterocycles. The van der Waals surface area contributed by atoms with Crippen molar-refractivity contribution in [2.45, 2.75) is 296 Å². The van der Waals surface area contributed by atoms with Crippen molar-refractivity contribution >= 4 is 11.9 Å². The lowest BCUT2D eigenvalue weighted by Gasteiger charge is -2.24. The molecule has 0 fully saturated rings. The molecule has 0 radical (unpaired) electrons. The SMILES string of the molecule is CCCCC/C=C\C/C=C\C/C=C\CCCCC(CC(=O)NC(CO)C(O)CCCCCCCCCCCC)OC(=O)CCCCCCCCCCC/C=C/CCCCCCCC. The quantitative estimate of drug-likeness (QED) is 0.0321. The van der Waals surface area contributed by atoms with Crippen LogP contribution in [-0.4, -0.2) is 46.9 Å². The molecule has 0 aromatic rings. The van der Waals surface area contributed by atoms with Gasteiger partial charge in [0.15, 0.2) is 0 Å². The van der Waals surface area contributed by atoms with Gasteiger partial charge in [0, 0.05) is 6.42 Å². The Morgan fingerprint density at radius 1 is 0.460 bits per heavy atom. The minimum absolute atomic E-state index is 0.0520. The smallest absolute Gasteiger partial charge is 0.306 e. The van der Waals surface area contributed by atoms with Crippen LogP contribution in [0.3, 0.4) is 0 Å². The molecule has 0 aromatic carbocycles. The molecular formula is C57H105NO5. The molecule has 0 rings (SSSR count). The van der Waals surface area contributed by atoms with Crippen LogP contribution in [0.1, 0.15) is 278 Å².